The predicted octanol–water partition coefficient (Wildman–Crippen LogP) is 2.61. The molecule has 1 amide bonds. The van der Waals surface area contributed by atoms with Crippen LogP contribution in [0.4, 0.5) is 0 Å². The molecule has 1 unspecified atom stereocenters. The van der Waals surface area contributed by atoms with Gasteiger partial charge in [0.2, 0.25) is 5.91 Å². The summed E-state index contributed by atoms with van der Waals surface area (Å²) in [7, 11) is 0. The van der Waals surface area contributed by atoms with Crippen molar-refractivity contribution in [2.75, 3.05) is 19.7 Å². The van der Waals surface area contributed by atoms with Crippen molar-refractivity contribution in [3.63, 3.8) is 0 Å². The molecule has 106 valence electrons. The first kappa shape index (κ1) is 16.9. The van der Waals surface area contributed by atoms with E-state index in [4.69, 9.17) is 4.74 Å². The van der Waals surface area contributed by atoms with Gasteiger partial charge in [0.15, 0.2) is 0 Å². The van der Waals surface area contributed by atoms with Crippen molar-refractivity contribution in [3.05, 3.63) is 0 Å². The highest BCUT2D eigenvalue weighted by molar-refractivity contribution is 5.83. The minimum Gasteiger partial charge on any atom is -0.466 e. The van der Waals surface area contributed by atoms with Crippen LogP contribution in [0.25, 0.3) is 0 Å². The molecule has 0 N–H and O–H groups in total. The number of carbonyl (C=O) groups excluding carboxylic acids is 2. The normalized spacial score (nSPS) is 12.0. The summed E-state index contributed by atoms with van der Waals surface area (Å²) in [6.07, 6.45) is 2.77. The van der Waals surface area contributed by atoms with Crippen LogP contribution in [0.2, 0.25) is 0 Å². The molecule has 0 rings (SSSR count). The molecule has 0 aromatic carbocycles. The van der Waals surface area contributed by atoms with E-state index >= 15 is 0 Å². The Balaban J connectivity index is 4.24. The number of ether oxygens (including phenoxy) is 1. The van der Waals surface area contributed by atoms with Gasteiger partial charge in [-0.25, -0.2) is 0 Å². The average Bonchev–Trinajstić information content (AvgIpc) is 2.37. The minimum atomic E-state index is -0.254. The fourth-order valence-corrected chi connectivity index (χ4v) is 1.79. The van der Waals surface area contributed by atoms with Crippen molar-refractivity contribution < 1.29 is 14.3 Å². The Labute approximate surface area is 111 Å². The Morgan fingerprint density at radius 1 is 1.11 bits per heavy atom. The van der Waals surface area contributed by atoms with E-state index in [1.165, 1.54) is 0 Å². The number of carbonyl (C=O) groups is 2. The second kappa shape index (κ2) is 9.92. The molecule has 4 heteroatoms. The molecule has 0 spiro atoms. The first-order valence-corrected chi connectivity index (χ1v) is 7.04. The van der Waals surface area contributed by atoms with Crippen LogP contribution < -0.4 is 0 Å². The zero-order chi connectivity index (χ0) is 14.0. The second-order valence-electron chi connectivity index (χ2n) is 4.39. The zero-order valence-corrected chi connectivity index (χ0v) is 12.2. The summed E-state index contributed by atoms with van der Waals surface area (Å²) >= 11 is 0. The lowest BCUT2D eigenvalue weighted by atomic mass is 10.0. The molecule has 0 aromatic rings. The van der Waals surface area contributed by atoms with Gasteiger partial charge >= 0.3 is 5.97 Å². The van der Waals surface area contributed by atoms with Gasteiger partial charge in [0.25, 0.3) is 0 Å². The molecule has 0 aliphatic heterocycles. The largest absolute Gasteiger partial charge is 0.466 e. The maximum absolute atomic E-state index is 12.1. The maximum Gasteiger partial charge on any atom is 0.306 e. The topological polar surface area (TPSA) is 46.6 Å². The number of rotatable bonds is 9. The third-order valence-corrected chi connectivity index (χ3v) is 3.09. The fourth-order valence-electron chi connectivity index (χ4n) is 1.79. The van der Waals surface area contributed by atoms with Gasteiger partial charge in [0, 0.05) is 19.0 Å². The molecule has 0 aliphatic rings. The Bertz CT molecular complexity index is 249. The predicted molar refractivity (Wildman–Crippen MR) is 72.2 cm³/mol. The molecule has 1 atom stereocenters. The zero-order valence-electron chi connectivity index (χ0n) is 12.2. The third-order valence-electron chi connectivity index (χ3n) is 3.09. The monoisotopic (exact) mass is 257 g/mol. The van der Waals surface area contributed by atoms with E-state index < -0.39 is 0 Å². The highest BCUT2D eigenvalue weighted by Gasteiger charge is 2.24. The summed E-state index contributed by atoms with van der Waals surface area (Å²) in [5, 5.41) is 0. The molecular formula is C14H27NO3. The number of esters is 1. The van der Waals surface area contributed by atoms with Crippen molar-refractivity contribution in [2.45, 2.75) is 53.4 Å². The summed E-state index contributed by atoms with van der Waals surface area (Å²) in [5.41, 5.74) is 0. The van der Waals surface area contributed by atoms with Gasteiger partial charge in [-0.05, 0) is 26.7 Å². The molecule has 0 radical (unpaired) electrons. The van der Waals surface area contributed by atoms with Crippen LogP contribution in [0.3, 0.4) is 0 Å². The molecule has 0 saturated heterocycles. The highest BCUT2D eigenvalue weighted by atomic mass is 16.5. The highest BCUT2D eigenvalue weighted by Crippen LogP contribution is 2.13. The Morgan fingerprint density at radius 2 is 1.72 bits per heavy atom. The lowest BCUT2D eigenvalue weighted by Gasteiger charge is -2.23. The van der Waals surface area contributed by atoms with Gasteiger partial charge in [-0.1, -0.05) is 20.3 Å². The summed E-state index contributed by atoms with van der Waals surface area (Å²) < 4.78 is 5.10. The number of hydrogen-bond donors (Lipinski definition) is 0. The van der Waals surface area contributed by atoms with E-state index in [9.17, 15) is 9.59 Å². The molecule has 0 aromatic heterocycles. The van der Waals surface area contributed by atoms with Crippen molar-refractivity contribution in [2.24, 2.45) is 5.92 Å². The van der Waals surface area contributed by atoms with Crippen LogP contribution in [0.1, 0.15) is 53.4 Å². The minimum absolute atomic E-state index is 0.0648. The molecule has 0 saturated carbocycles. The van der Waals surface area contributed by atoms with Crippen LogP contribution in [-0.2, 0) is 14.3 Å². The number of unbranched alkanes of at least 4 members (excludes halogenated alkanes) is 1. The van der Waals surface area contributed by atoms with Crippen LogP contribution in [0.15, 0.2) is 0 Å². The molecule has 18 heavy (non-hydrogen) atoms. The quantitative estimate of drug-likeness (QED) is 0.471. The second-order valence-corrected chi connectivity index (χ2v) is 4.39. The van der Waals surface area contributed by atoms with E-state index in [-0.39, 0.29) is 24.2 Å². The summed E-state index contributed by atoms with van der Waals surface area (Å²) in [4.78, 5) is 25.5. The Morgan fingerprint density at radius 3 is 2.17 bits per heavy atom. The first-order valence-electron chi connectivity index (χ1n) is 7.04. The van der Waals surface area contributed by atoms with Crippen LogP contribution in [0.5, 0.6) is 0 Å². The fraction of sp³-hybridized carbons (Fsp3) is 0.857. The molecule has 0 heterocycles. The van der Waals surface area contributed by atoms with Gasteiger partial charge < -0.3 is 9.64 Å². The van der Waals surface area contributed by atoms with Crippen LogP contribution >= 0.6 is 0 Å². The number of hydrogen-bond acceptors (Lipinski definition) is 3. The summed E-state index contributed by atoms with van der Waals surface area (Å²) in [6.45, 7) is 9.73. The van der Waals surface area contributed by atoms with Crippen molar-refractivity contribution in [1.29, 1.82) is 0 Å². The van der Waals surface area contributed by atoms with Crippen molar-refractivity contribution >= 4 is 11.9 Å². The van der Waals surface area contributed by atoms with Crippen LogP contribution in [0, 0.1) is 5.92 Å². The molecular weight excluding hydrogens is 230 g/mol. The lowest BCUT2D eigenvalue weighted by Crippen LogP contribution is -2.36. The lowest BCUT2D eigenvalue weighted by molar-refractivity contribution is -0.149. The van der Waals surface area contributed by atoms with Gasteiger partial charge in [-0.2, -0.15) is 0 Å². The van der Waals surface area contributed by atoms with E-state index in [2.05, 4.69) is 0 Å². The molecule has 0 bridgehead atoms. The van der Waals surface area contributed by atoms with Crippen molar-refractivity contribution in [1.82, 2.24) is 4.90 Å². The van der Waals surface area contributed by atoms with E-state index in [0.717, 1.165) is 12.8 Å². The van der Waals surface area contributed by atoms with Crippen molar-refractivity contribution in [3.8, 4) is 0 Å². The van der Waals surface area contributed by atoms with E-state index in [1.54, 1.807) is 4.90 Å². The molecule has 0 fully saturated rings. The Hall–Kier alpha value is -1.06. The van der Waals surface area contributed by atoms with Crippen LogP contribution in [-0.4, -0.2) is 36.5 Å². The Kier molecular flexibility index (Phi) is 9.33. The van der Waals surface area contributed by atoms with E-state index in [1.807, 2.05) is 27.7 Å². The van der Waals surface area contributed by atoms with Gasteiger partial charge in [-0.3, -0.25) is 9.59 Å². The first-order chi connectivity index (χ1) is 8.60. The maximum atomic E-state index is 12.1. The third kappa shape index (κ3) is 6.03. The SMILES string of the molecule is CCCCOC(=O)CC(CC)C(=O)N(CC)CC. The molecule has 4 nitrogen and oxygen atoms in total. The van der Waals surface area contributed by atoms with E-state index in [0.29, 0.717) is 26.1 Å². The smallest absolute Gasteiger partial charge is 0.306 e. The standard InChI is InChI=1S/C14H27NO3/c1-5-9-10-18-13(16)11-12(6-2)14(17)15(7-3)8-4/h12H,5-11H2,1-4H3. The average molecular weight is 257 g/mol. The molecule has 0 aliphatic carbocycles. The van der Waals surface area contributed by atoms with Gasteiger partial charge in [0.1, 0.15) is 0 Å². The number of nitrogens with zero attached hydrogens (tertiary/aromatic N) is 1. The van der Waals surface area contributed by atoms with Gasteiger partial charge in [-0.15, -0.1) is 0 Å². The number of amides is 1. The summed E-state index contributed by atoms with van der Waals surface area (Å²) in [6, 6.07) is 0. The van der Waals surface area contributed by atoms with Gasteiger partial charge in [0.05, 0.1) is 13.0 Å². The summed E-state index contributed by atoms with van der Waals surface area (Å²) in [5.74, 6) is -0.426.